The molecular weight excluding hydrogens is 490 g/mol. The Bertz CT molecular complexity index is 1610. The lowest BCUT2D eigenvalue weighted by Crippen LogP contribution is -2.43. The van der Waals surface area contributed by atoms with E-state index >= 15 is 0 Å². The summed E-state index contributed by atoms with van der Waals surface area (Å²) < 4.78 is 5.53. The molecule has 0 bridgehead atoms. The van der Waals surface area contributed by atoms with Gasteiger partial charge in [-0.05, 0) is 106 Å². The Kier molecular flexibility index (Phi) is 5.67. The lowest BCUT2D eigenvalue weighted by atomic mass is 9.52. The Morgan fingerprint density at radius 1 is 0.725 bits per heavy atom. The molecule has 3 aliphatic rings. The fourth-order valence-corrected chi connectivity index (χ4v) is 8.97. The molecule has 1 spiro atoms. The molecule has 7 rings (SSSR count). The van der Waals surface area contributed by atoms with Gasteiger partial charge in [-0.15, -0.1) is 0 Å². The summed E-state index contributed by atoms with van der Waals surface area (Å²) in [4.78, 5) is 2.39. The van der Waals surface area contributed by atoms with Crippen LogP contribution in [0.1, 0.15) is 63.6 Å². The molecule has 0 radical (unpaired) electrons. The van der Waals surface area contributed by atoms with Crippen LogP contribution in [0.15, 0.2) is 66.7 Å². The minimum atomic E-state index is -0.0786. The monoisotopic (exact) mass is 531 g/mol. The second-order valence-electron chi connectivity index (χ2n) is 14.2. The van der Waals surface area contributed by atoms with Crippen molar-refractivity contribution < 1.29 is 9.84 Å². The van der Waals surface area contributed by atoms with E-state index in [0.717, 1.165) is 44.5 Å². The van der Waals surface area contributed by atoms with Gasteiger partial charge in [0.1, 0.15) is 5.75 Å². The number of nitrogens with zero attached hydrogens (tertiary/aromatic N) is 1. The fourth-order valence-electron chi connectivity index (χ4n) is 8.97. The van der Waals surface area contributed by atoms with Gasteiger partial charge < -0.3 is 14.7 Å². The maximum atomic E-state index is 11.6. The molecule has 2 aliphatic carbocycles. The molecule has 0 atom stereocenters. The summed E-state index contributed by atoms with van der Waals surface area (Å²) in [6.07, 6.45) is 3.42. The van der Waals surface area contributed by atoms with Crippen LogP contribution in [0.25, 0.3) is 33.0 Å². The molecule has 0 amide bonds. The summed E-state index contributed by atoms with van der Waals surface area (Å²) >= 11 is 0. The molecule has 206 valence electrons. The van der Waals surface area contributed by atoms with Crippen LogP contribution in [0.2, 0.25) is 0 Å². The Morgan fingerprint density at radius 2 is 1.40 bits per heavy atom. The van der Waals surface area contributed by atoms with Gasteiger partial charge in [0.05, 0.1) is 13.2 Å². The van der Waals surface area contributed by atoms with Gasteiger partial charge in [-0.25, -0.2) is 0 Å². The third kappa shape index (κ3) is 3.96. The third-order valence-corrected chi connectivity index (χ3v) is 9.76. The largest absolute Gasteiger partial charge is 0.507 e. The topological polar surface area (TPSA) is 32.7 Å². The summed E-state index contributed by atoms with van der Waals surface area (Å²) in [5.41, 5.74) is 10.6. The van der Waals surface area contributed by atoms with Crippen molar-refractivity contribution in [2.24, 2.45) is 10.8 Å². The number of phenols is 1. The molecule has 4 aromatic carbocycles. The van der Waals surface area contributed by atoms with Crippen molar-refractivity contribution in [2.75, 3.05) is 31.2 Å². The normalized spacial score (nSPS) is 20.5. The third-order valence-electron chi connectivity index (χ3n) is 9.76. The number of ether oxygens (including phenoxy) is 1. The fraction of sp³-hybridized carbons (Fsp3) is 0.405. The van der Waals surface area contributed by atoms with E-state index in [0.29, 0.717) is 5.75 Å². The van der Waals surface area contributed by atoms with Gasteiger partial charge in [-0.2, -0.15) is 0 Å². The number of hydrogen-bond donors (Lipinski definition) is 1. The molecule has 1 saturated heterocycles. The highest BCUT2D eigenvalue weighted by molar-refractivity contribution is 6.07. The maximum absolute atomic E-state index is 11.6. The smallest absolute Gasteiger partial charge is 0.123 e. The first-order valence-corrected chi connectivity index (χ1v) is 14.9. The summed E-state index contributed by atoms with van der Waals surface area (Å²) in [5, 5.41) is 13.8. The molecule has 4 aromatic rings. The molecule has 1 N–H and O–H groups in total. The average molecular weight is 532 g/mol. The zero-order chi connectivity index (χ0) is 27.9. The predicted molar refractivity (Wildman–Crippen MR) is 166 cm³/mol. The average Bonchev–Trinajstić information content (AvgIpc) is 3.15. The molecular formula is C37H41NO2. The van der Waals surface area contributed by atoms with Gasteiger partial charge in [-0.3, -0.25) is 0 Å². The number of phenolic OH excluding ortho intramolecular Hbond substituents is 1. The van der Waals surface area contributed by atoms with E-state index in [-0.39, 0.29) is 16.2 Å². The van der Waals surface area contributed by atoms with Crippen LogP contribution in [0.3, 0.4) is 0 Å². The van der Waals surface area contributed by atoms with Gasteiger partial charge >= 0.3 is 0 Å². The van der Waals surface area contributed by atoms with Crippen molar-refractivity contribution in [3.8, 4) is 28.0 Å². The van der Waals surface area contributed by atoms with Gasteiger partial charge in [-0.1, -0.05) is 70.2 Å². The number of rotatable bonds is 2. The lowest BCUT2D eigenvalue weighted by molar-refractivity contribution is 0.0645. The SMILES string of the molecule is Cc1cc2c3c(cc(O)c2cc1-c1ccc(N2CCOCC2)cc1)C1(CC(C)(C)CC(C)(C)C1)c1ccccc1-3. The number of hydrogen-bond acceptors (Lipinski definition) is 3. The maximum Gasteiger partial charge on any atom is 0.123 e. The minimum absolute atomic E-state index is 0.0786. The first-order valence-electron chi connectivity index (χ1n) is 14.9. The number of morpholine rings is 1. The van der Waals surface area contributed by atoms with Crippen molar-refractivity contribution in [3.05, 3.63) is 83.4 Å². The Balaban J connectivity index is 1.39. The van der Waals surface area contributed by atoms with Crippen LogP contribution in [-0.4, -0.2) is 31.4 Å². The van der Waals surface area contributed by atoms with Gasteiger partial charge in [0.25, 0.3) is 0 Å². The predicted octanol–water partition coefficient (Wildman–Crippen LogP) is 8.86. The molecule has 0 unspecified atom stereocenters. The van der Waals surface area contributed by atoms with Crippen molar-refractivity contribution in [3.63, 3.8) is 0 Å². The first-order chi connectivity index (χ1) is 19.1. The highest BCUT2D eigenvalue weighted by Crippen LogP contribution is 2.64. The number of anilines is 1. The number of benzene rings is 4. The standard InChI is InChI=1S/C37H41NO2/c1-24-18-30-29(19-28(24)25-10-12-26(13-11-25)38-14-16-40-17-15-38)33(39)20-32-34(30)27-8-6-7-9-31(27)37(32)22-35(2,3)21-36(4,5)23-37/h6-13,18-20,39H,14-17,21-23H2,1-5H3. The summed E-state index contributed by atoms with van der Waals surface area (Å²) in [7, 11) is 0. The molecule has 1 heterocycles. The molecule has 1 saturated carbocycles. The van der Waals surface area contributed by atoms with E-state index in [2.05, 4.69) is 106 Å². The van der Waals surface area contributed by atoms with Gasteiger partial charge in [0.2, 0.25) is 0 Å². The highest BCUT2D eigenvalue weighted by Gasteiger charge is 2.53. The number of fused-ring (bicyclic) bond motifs is 7. The van der Waals surface area contributed by atoms with Crippen LogP contribution in [-0.2, 0) is 10.2 Å². The van der Waals surface area contributed by atoms with Crippen LogP contribution < -0.4 is 4.90 Å². The van der Waals surface area contributed by atoms with E-state index in [1.54, 1.807) is 0 Å². The van der Waals surface area contributed by atoms with Crippen LogP contribution in [0.4, 0.5) is 5.69 Å². The number of aromatic hydroxyl groups is 1. The summed E-state index contributed by atoms with van der Waals surface area (Å²) in [5.74, 6) is 0.397. The summed E-state index contributed by atoms with van der Waals surface area (Å²) in [6.45, 7) is 15.4. The van der Waals surface area contributed by atoms with E-state index in [1.165, 1.54) is 56.4 Å². The van der Waals surface area contributed by atoms with E-state index in [4.69, 9.17) is 4.74 Å². The molecule has 3 nitrogen and oxygen atoms in total. The Hall–Kier alpha value is -3.30. The molecule has 2 fully saturated rings. The van der Waals surface area contributed by atoms with Crippen molar-refractivity contribution in [1.82, 2.24) is 0 Å². The zero-order valence-electron chi connectivity index (χ0n) is 24.6. The first kappa shape index (κ1) is 25.7. The van der Waals surface area contributed by atoms with Gasteiger partial charge in [0, 0.05) is 29.6 Å². The van der Waals surface area contributed by atoms with E-state index < -0.39 is 0 Å². The lowest BCUT2D eigenvalue weighted by Gasteiger charge is -2.51. The van der Waals surface area contributed by atoms with Crippen LogP contribution >= 0.6 is 0 Å². The molecule has 40 heavy (non-hydrogen) atoms. The molecule has 3 heteroatoms. The van der Waals surface area contributed by atoms with Crippen molar-refractivity contribution in [2.45, 2.75) is 59.3 Å². The second-order valence-corrected chi connectivity index (χ2v) is 14.2. The van der Waals surface area contributed by atoms with Gasteiger partial charge in [0.15, 0.2) is 0 Å². The highest BCUT2D eigenvalue weighted by atomic mass is 16.5. The second kappa shape index (κ2) is 8.85. The molecule has 0 aromatic heterocycles. The minimum Gasteiger partial charge on any atom is -0.507 e. The van der Waals surface area contributed by atoms with Crippen LogP contribution in [0, 0.1) is 17.8 Å². The quantitative estimate of drug-likeness (QED) is 0.280. The van der Waals surface area contributed by atoms with Crippen molar-refractivity contribution in [1.29, 1.82) is 0 Å². The van der Waals surface area contributed by atoms with E-state index in [1.807, 2.05) is 0 Å². The summed E-state index contributed by atoms with van der Waals surface area (Å²) in [6, 6.07) is 24.6. The zero-order valence-corrected chi connectivity index (χ0v) is 24.6. The van der Waals surface area contributed by atoms with Crippen LogP contribution in [0.5, 0.6) is 5.75 Å². The van der Waals surface area contributed by atoms with Crippen molar-refractivity contribution >= 4 is 16.5 Å². The Morgan fingerprint density at radius 3 is 2.10 bits per heavy atom. The number of aryl methyl sites for hydroxylation is 1. The van der Waals surface area contributed by atoms with E-state index in [9.17, 15) is 5.11 Å². The molecule has 1 aliphatic heterocycles. The Labute approximate surface area is 238 Å².